The first kappa shape index (κ1) is 12.4. The van der Waals surface area contributed by atoms with Crippen LogP contribution in [0.1, 0.15) is 29.3 Å². The molecule has 1 aliphatic carbocycles. The molecule has 2 heterocycles. The summed E-state index contributed by atoms with van der Waals surface area (Å²) in [5.41, 5.74) is 7.54. The maximum atomic E-state index is 6.41. The molecule has 1 fully saturated rings. The van der Waals surface area contributed by atoms with E-state index in [4.69, 9.17) is 10.5 Å². The van der Waals surface area contributed by atoms with Gasteiger partial charge in [-0.05, 0) is 48.1 Å². The summed E-state index contributed by atoms with van der Waals surface area (Å²) in [6.07, 6.45) is 2.78. The molecule has 1 unspecified atom stereocenters. The van der Waals surface area contributed by atoms with Crippen molar-refractivity contribution in [1.82, 2.24) is 0 Å². The zero-order valence-electron chi connectivity index (χ0n) is 10.9. The first-order valence-electron chi connectivity index (χ1n) is 6.79. The topological polar surface area (TPSA) is 35.2 Å². The van der Waals surface area contributed by atoms with Crippen molar-refractivity contribution in [3.05, 3.63) is 52.2 Å². The fourth-order valence-corrected chi connectivity index (χ4v) is 4.41. The Morgan fingerprint density at radius 3 is 2.85 bits per heavy atom. The molecule has 2 aromatic heterocycles. The van der Waals surface area contributed by atoms with Crippen LogP contribution in [-0.2, 0) is 0 Å². The van der Waals surface area contributed by atoms with Crippen molar-refractivity contribution in [2.75, 3.05) is 0 Å². The largest absolute Gasteiger partial charge is 0.490 e. The molecule has 0 amide bonds. The molecule has 1 saturated carbocycles. The Balaban J connectivity index is 1.63. The summed E-state index contributed by atoms with van der Waals surface area (Å²) in [7, 11) is 0. The first-order valence-corrected chi connectivity index (χ1v) is 8.48. The van der Waals surface area contributed by atoms with Gasteiger partial charge in [0, 0.05) is 14.3 Å². The number of ether oxygens (including phenoxy) is 1. The molecule has 0 saturated heterocycles. The van der Waals surface area contributed by atoms with Crippen LogP contribution in [0.2, 0.25) is 0 Å². The predicted octanol–water partition coefficient (Wildman–Crippen LogP) is 4.55. The molecule has 1 aromatic carbocycles. The summed E-state index contributed by atoms with van der Waals surface area (Å²) in [5, 5.41) is 2.13. The Morgan fingerprint density at radius 2 is 2.05 bits per heavy atom. The first-order chi connectivity index (χ1) is 9.79. The molecule has 4 rings (SSSR count). The van der Waals surface area contributed by atoms with E-state index in [1.54, 1.807) is 22.7 Å². The zero-order chi connectivity index (χ0) is 13.5. The zero-order valence-corrected chi connectivity index (χ0v) is 12.5. The van der Waals surface area contributed by atoms with E-state index in [9.17, 15) is 0 Å². The Hall–Kier alpha value is -1.36. The molecule has 0 bridgehead atoms. The van der Waals surface area contributed by atoms with Gasteiger partial charge in [0.15, 0.2) is 0 Å². The van der Waals surface area contributed by atoms with E-state index in [1.807, 2.05) is 12.1 Å². The number of fused-ring (bicyclic) bond motifs is 1. The third-order valence-corrected chi connectivity index (χ3v) is 5.69. The summed E-state index contributed by atoms with van der Waals surface area (Å²) < 4.78 is 8.50. The molecule has 1 atom stereocenters. The van der Waals surface area contributed by atoms with E-state index in [1.165, 1.54) is 27.1 Å². The van der Waals surface area contributed by atoms with Gasteiger partial charge < -0.3 is 10.5 Å². The van der Waals surface area contributed by atoms with Crippen molar-refractivity contribution in [3.63, 3.8) is 0 Å². The van der Waals surface area contributed by atoms with E-state index in [0.717, 1.165) is 11.3 Å². The van der Waals surface area contributed by atoms with Crippen LogP contribution in [0.4, 0.5) is 0 Å². The van der Waals surface area contributed by atoms with Crippen molar-refractivity contribution >= 4 is 32.1 Å². The van der Waals surface area contributed by atoms with E-state index >= 15 is 0 Å². The molecule has 2 N–H and O–H groups in total. The van der Waals surface area contributed by atoms with Crippen molar-refractivity contribution in [2.45, 2.75) is 25.0 Å². The second-order valence-electron chi connectivity index (χ2n) is 5.17. The summed E-state index contributed by atoms with van der Waals surface area (Å²) in [5.74, 6) is 0.943. The van der Waals surface area contributed by atoms with Crippen LogP contribution in [0.25, 0.3) is 9.40 Å². The number of nitrogens with two attached hydrogens (primary N) is 1. The number of benzene rings is 1. The van der Waals surface area contributed by atoms with Gasteiger partial charge in [-0.2, -0.15) is 0 Å². The van der Waals surface area contributed by atoms with Gasteiger partial charge >= 0.3 is 0 Å². The highest BCUT2D eigenvalue weighted by molar-refractivity contribution is 7.27. The normalized spacial score (nSPS) is 16.4. The highest BCUT2D eigenvalue weighted by atomic mass is 32.1. The molecular weight excluding hydrogens is 286 g/mol. The van der Waals surface area contributed by atoms with E-state index in [0.29, 0.717) is 6.10 Å². The lowest BCUT2D eigenvalue weighted by molar-refractivity contribution is 0.303. The van der Waals surface area contributed by atoms with Gasteiger partial charge in [0.25, 0.3) is 0 Å². The lowest BCUT2D eigenvalue weighted by Crippen LogP contribution is -2.10. The fraction of sp³-hybridized carbons (Fsp3) is 0.250. The fourth-order valence-electron chi connectivity index (χ4n) is 2.26. The van der Waals surface area contributed by atoms with Crippen LogP contribution in [-0.4, -0.2) is 6.10 Å². The number of thiophene rings is 2. The van der Waals surface area contributed by atoms with E-state index in [2.05, 4.69) is 29.6 Å². The molecule has 0 aliphatic heterocycles. The molecule has 3 aromatic rings. The molecule has 2 nitrogen and oxygen atoms in total. The third kappa shape index (κ3) is 2.35. The summed E-state index contributed by atoms with van der Waals surface area (Å²) in [6, 6.07) is 12.5. The maximum Gasteiger partial charge on any atom is 0.120 e. The van der Waals surface area contributed by atoms with Crippen molar-refractivity contribution in [2.24, 2.45) is 5.73 Å². The molecule has 102 valence electrons. The Labute approximate surface area is 125 Å². The van der Waals surface area contributed by atoms with E-state index < -0.39 is 0 Å². The van der Waals surface area contributed by atoms with Crippen LogP contribution < -0.4 is 10.5 Å². The summed E-state index contributed by atoms with van der Waals surface area (Å²) >= 11 is 3.55. The second kappa shape index (κ2) is 4.88. The average molecular weight is 301 g/mol. The average Bonchev–Trinajstić information content (AvgIpc) is 3.00. The SMILES string of the molecule is NC(c1cccc(OC2CC2)c1)c1cc2sccc2s1. The van der Waals surface area contributed by atoms with Crippen LogP contribution in [0.3, 0.4) is 0 Å². The molecular formula is C16H15NOS2. The minimum Gasteiger partial charge on any atom is -0.490 e. The number of hydrogen-bond donors (Lipinski definition) is 1. The number of rotatable bonds is 4. The second-order valence-corrected chi connectivity index (χ2v) is 7.23. The number of hydrogen-bond acceptors (Lipinski definition) is 4. The molecule has 20 heavy (non-hydrogen) atoms. The minimum atomic E-state index is -0.0673. The lowest BCUT2D eigenvalue weighted by Gasteiger charge is -2.12. The van der Waals surface area contributed by atoms with Crippen LogP contribution in [0.5, 0.6) is 5.75 Å². The lowest BCUT2D eigenvalue weighted by atomic mass is 10.1. The van der Waals surface area contributed by atoms with Crippen LogP contribution >= 0.6 is 22.7 Å². The van der Waals surface area contributed by atoms with Gasteiger partial charge in [-0.25, -0.2) is 0 Å². The highest BCUT2D eigenvalue weighted by Crippen LogP contribution is 2.36. The Bertz CT molecular complexity index is 713. The minimum absolute atomic E-state index is 0.0673. The highest BCUT2D eigenvalue weighted by Gasteiger charge is 2.23. The van der Waals surface area contributed by atoms with Gasteiger partial charge in [0.2, 0.25) is 0 Å². The molecule has 0 spiro atoms. The smallest absolute Gasteiger partial charge is 0.120 e. The Kier molecular flexibility index (Phi) is 3.02. The monoisotopic (exact) mass is 301 g/mol. The quantitative estimate of drug-likeness (QED) is 0.767. The summed E-state index contributed by atoms with van der Waals surface area (Å²) in [6.45, 7) is 0. The Morgan fingerprint density at radius 1 is 1.15 bits per heavy atom. The van der Waals surface area contributed by atoms with Crippen molar-refractivity contribution in [1.29, 1.82) is 0 Å². The maximum absolute atomic E-state index is 6.41. The van der Waals surface area contributed by atoms with Gasteiger partial charge in [-0.3, -0.25) is 0 Å². The molecule has 1 aliphatic rings. The van der Waals surface area contributed by atoms with Gasteiger partial charge in [-0.15, -0.1) is 22.7 Å². The van der Waals surface area contributed by atoms with Crippen LogP contribution in [0.15, 0.2) is 41.8 Å². The van der Waals surface area contributed by atoms with Crippen molar-refractivity contribution < 1.29 is 4.74 Å². The predicted molar refractivity (Wildman–Crippen MR) is 85.8 cm³/mol. The van der Waals surface area contributed by atoms with Crippen LogP contribution in [0, 0.1) is 0 Å². The standard InChI is InChI=1S/C16H15NOS2/c17-16(15-9-14-13(20-15)6-7-19-14)10-2-1-3-12(8-10)18-11-4-5-11/h1-3,6-9,11,16H,4-5,17H2. The summed E-state index contributed by atoms with van der Waals surface area (Å²) in [4.78, 5) is 1.22. The van der Waals surface area contributed by atoms with Crippen molar-refractivity contribution in [3.8, 4) is 5.75 Å². The molecule has 0 radical (unpaired) electrons. The van der Waals surface area contributed by atoms with Gasteiger partial charge in [0.05, 0.1) is 12.1 Å². The third-order valence-electron chi connectivity index (χ3n) is 3.51. The molecule has 4 heteroatoms. The van der Waals surface area contributed by atoms with Gasteiger partial charge in [-0.1, -0.05) is 12.1 Å². The van der Waals surface area contributed by atoms with E-state index in [-0.39, 0.29) is 6.04 Å². The van der Waals surface area contributed by atoms with Gasteiger partial charge in [0.1, 0.15) is 5.75 Å².